The van der Waals surface area contributed by atoms with Crippen LogP contribution in [0.15, 0.2) is 23.3 Å². The molecule has 0 bridgehead atoms. The lowest BCUT2D eigenvalue weighted by Gasteiger charge is -2.25. The monoisotopic (exact) mass is 267 g/mol. The number of halogens is 1. The van der Waals surface area contributed by atoms with E-state index in [1.54, 1.807) is 0 Å². The van der Waals surface area contributed by atoms with Crippen molar-refractivity contribution in [3.8, 4) is 0 Å². The van der Waals surface area contributed by atoms with E-state index in [2.05, 4.69) is 10.4 Å². The minimum Gasteiger partial charge on any atom is -0.388 e. The summed E-state index contributed by atoms with van der Waals surface area (Å²) in [6, 6.07) is 5.78. The fourth-order valence-electron chi connectivity index (χ4n) is 1.95. The predicted molar refractivity (Wildman–Crippen MR) is 75.6 cm³/mol. The molecule has 18 heavy (non-hydrogen) atoms. The zero-order chi connectivity index (χ0) is 13.0. The van der Waals surface area contributed by atoms with E-state index in [1.807, 2.05) is 37.2 Å². The molecule has 98 valence electrons. The van der Waals surface area contributed by atoms with Crippen molar-refractivity contribution >= 4 is 23.0 Å². The third-order valence-corrected chi connectivity index (χ3v) is 3.15. The maximum absolute atomic E-state index is 6.04. The first-order valence-electron chi connectivity index (χ1n) is 6.06. The average molecular weight is 268 g/mol. The summed E-state index contributed by atoms with van der Waals surface area (Å²) in [5.74, 6) is 0. The second-order valence-electron chi connectivity index (χ2n) is 4.19. The first kappa shape index (κ1) is 13.2. The van der Waals surface area contributed by atoms with Crippen LogP contribution in [-0.2, 0) is 4.74 Å². The third kappa shape index (κ3) is 3.15. The molecular formula is C13H18ClN3O. The van der Waals surface area contributed by atoms with E-state index >= 15 is 0 Å². The third-order valence-electron chi connectivity index (χ3n) is 2.92. The van der Waals surface area contributed by atoms with Crippen LogP contribution in [0.4, 0.5) is 5.69 Å². The first-order chi connectivity index (χ1) is 8.70. The van der Waals surface area contributed by atoms with E-state index in [4.69, 9.17) is 16.3 Å². The van der Waals surface area contributed by atoms with Gasteiger partial charge in [0.05, 0.1) is 32.0 Å². The molecule has 0 saturated carbocycles. The van der Waals surface area contributed by atoms with Gasteiger partial charge >= 0.3 is 0 Å². The largest absolute Gasteiger partial charge is 0.388 e. The van der Waals surface area contributed by atoms with Gasteiger partial charge in [-0.05, 0) is 25.1 Å². The Morgan fingerprint density at radius 3 is 2.78 bits per heavy atom. The van der Waals surface area contributed by atoms with Crippen molar-refractivity contribution in [2.75, 3.05) is 38.7 Å². The molecule has 0 radical (unpaired) electrons. The van der Waals surface area contributed by atoms with Crippen LogP contribution in [0.25, 0.3) is 0 Å². The molecule has 1 heterocycles. The van der Waals surface area contributed by atoms with Gasteiger partial charge in [-0.2, -0.15) is 5.10 Å². The van der Waals surface area contributed by atoms with Crippen LogP contribution >= 0.6 is 11.6 Å². The van der Waals surface area contributed by atoms with Crippen LogP contribution in [0, 0.1) is 0 Å². The van der Waals surface area contributed by atoms with Crippen LogP contribution in [0.1, 0.15) is 12.5 Å². The number of hydrazone groups is 1. The predicted octanol–water partition coefficient (Wildman–Crippen LogP) is 2.44. The number of ether oxygens (including phenoxy) is 1. The summed E-state index contributed by atoms with van der Waals surface area (Å²) in [5.41, 5.74) is 3.04. The molecule has 0 atom stereocenters. The molecule has 2 rings (SSSR count). The van der Waals surface area contributed by atoms with Crippen LogP contribution in [0.5, 0.6) is 0 Å². The number of hydrogen-bond acceptors (Lipinski definition) is 4. The van der Waals surface area contributed by atoms with Crippen molar-refractivity contribution in [3.63, 3.8) is 0 Å². The van der Waals surface area contributed by atoms with Crippen molar-refractivity contribution in [1.29, 1.82) is 0 Å². The average Bonchev–Trinajstić information content (AvgIpc) is 2.40. The highest BCUT2D eigenvalue weighted by atomic mass is 35.5. The van der Waals surface area contributed by atoms with Crippen molar-refractivity contribution in [2.45, 2.75) is 6.92 Å². The number of nitrogens with zero attached hydrogens (tertiary/aromatic N) is 2. The zero-order valence-electron chi connectivity index (χ0n) is 10.7. The molecule has 0 amide bonds. The second kappa shape index (κ2) is 6.07. The van der Waals surface area contributed by atoms with E-state index in [0.29, 0.717) is 0 Å². The Morgan fingerprint density at radius 1 is 1.39 bits per heavy atom. The van der Waals surface area contributed by atoms with Crippen LogP contribution < -0.4 is 5.32 Å². The molecule has 1 saturated heterocycles. The summed E-state index contributed by atoms with van der Waals surface area (Å²) < 4.78 is 5.31. The Labute approximate surface area is 113 Å². The Hall–Kier alpha value is -1.26. The van der Waals surface area contributed by atoms with E-state index in [-0.39, 0.29) is 0 Å². The van der Waals surface area contributed by atoms with E-state index in [1.165, 1.54) is 0 Å². The Kier molecular flexibility index (Phi) is 4.44. The molecule has 0 spiro atoms. The number of morpholine rings is 1. The summed E-state index contributed by atoms with van der Waals surface area (Å²) in [6.45, 7) is 5.16. The highest BCUT2D eigenvalue weighted by Crippen LogP contribution is 2.21. The van der Waals surface area contributed by atoms with Gasteiger partial charge in [0.25, 0.3) is 0 Å². The van der Waals surface area contributed by atoms with Gasteiger partial charge in [0.2, 0.25) is 0 Å². The summed E-state index contributed by atoms with van der Waals surface area (Å²) in [7, 11) is 1.90. The van der Waals surface area contributed by atoms with E-state index in [0.717, 1.165) is 48.3 Å². The lowest BCUT2D eigenvalue weighted by Crippen LogP contribution is -2.33. The van der Waals surface area contributed by atoms with E-state index < -0.39 is 0 Å². The molecule has 5 heteroatoms. The van der Waals surface area contributed by atoms with Gasteiger partial charge in [0, 0.05) is 23.3 Å². The minimum absolute atomic E-state index is 0.723. The Morgan fingerprint density at radius 2 is 2.11 bits per heavy atom. The zero-order valence-corrected chi connectivity index (χ0v) is 11.5. The van der Waals surface area contributed by atoms with Crippen LogP contribution in [-0.4, -0.2) is 44.1 Å². The van der Waals surface area contributed by atoms with Crippen molar-refractivity contribution in [3.05, 3.63) is 28.8 Å². The van der Waals surface area contributed by atoms with Gasteiger partial charge in [0.1, 0.15) is 0 Å². The summed E-state index contributed by atoms with van der Waals surface area (Å²) >= 11 is 6.04. The van der Waals surface area contributed by atoms with Crippen LogP contribution in [0.3, 0.4) is 0 Å². The number of rotatable bonds is 3. The molecule has 1 aliphatic heterocycles. The Balaban J connectivity index is 2.23. The second-order valence-corrected chi connectivity index (χ2v) is 4.63. The standard InChI is InChI=1S/C13H18ClN3O/c1-10(16-17-5-7-18-8-6-17)12-9-11(14)3-4-13(12)15-2/h3-4,9,15H,5-8H2,1-2H3/b16-10+. The normalized spacial score (nSPS) is 16.8. The molecular weight excluding hydrogens is 250 g/mol. The van der Waals surface area contributed by atoms with Crippen molar-refractivity contribution < 1.29 is 4.74 Å². The molecule has 1 aromatic carbocycles. The maximum atomic E-state index is 6.04. The van der Waals surface area contributed by atoms with Gasteiger partial charge < -0.3 is 10.1 Å². The molecule has 0 aliphatic carbocycles. The lowest BCUT2D eigenvalue weighted by molar-refractivity contribution is 0.0393. The maximum Gasteiger partial charge on any atom is 0.0668 e. The van der Waals surface area contributed by atoms with Gasteiger partial charge in [0.15, 0.2) is 0 Å². The summed E-state index contributed by atoms with van der Waals surface area (Å²) in [6.07, 6.45) is 0. The number of hydrogen-bond donors (Lipinski definition) is 1. The van der Waals surface area contributed by atoms with Gasteiger partial charge in [-0.3, -0.25) is 5.01 Å². The van der Waals surface area contributed by atoms with Gasteiger partial charge in [-0.1, -0.05) is 11.6 Å². The highest BCUT2D eigenvalue weighted by molar-refractivity contribution is 6.31. The van der Waals surface area contributed by atoms with Crippen molar-refractivity contribution in [2.24, 2.45) is 5.10 Å². The molecule has 1 aromatic rings. The highest BCUT2D eigenvalue weighted by Gasteiger charge is 2.10. The smallest absolute Gasteiger partial charge is 0.0668 e. The van der Waals surface area contributed by atoms with Gasteiger partial charge in [-0.15, -0.1) is 0 Å². The number of benzene rings is 1. The lowest BCUT2D eigenvalue weighted by atomic mass is 10.1. The molecule has 1 N–H and O–H groups in total. The fourth-order valence-corrected chi connectivity index (χ4v) is 2.13. The molecule has 1 fully saturated rings. The summed E-state index contributed by atoms with van der Waals surface area (Å²) in [4.78, 5) is 0. The molecule has 0 unspecified atom stereocenters. The minimum atomic E-state index is 0.723. The Bertz CT molecular complexity index is 442. The van der Waals surface area contributed by atoms with Crippen LogP contribution in [0.2, 0.25) is 5.02 Å². The molecule has 1 aliphatic rings. The van der Waals surface area contributed by atoms with E-state index in [9.17, 15) is 0 Å². The first-order valence-corrected chi connectivity index (χ1v) is 6.44. The SMILES string of the molecule is CNc1ccc(Cl)cc1/C(C)=N/N1CCOCC1. The quantitative estimate of drug-likeness (QED) is 0.855. The van der Waals surface area contributed by atoms with Crippen molar-refractivity contribution in [1.82, 2.24) is 5.01 Å². The fraction of sp³-hybridized carbons (Fsp3) is 0.462. The number of anilines is 1. The summed E-state index contributed by atoms with van der Waals surface area (Å²) in [5, 5.41) is 10.5. The topological polar surface area (TPSA) is 36.9 Å². The molecule has 0 aromatic heterocycles. The molecule has 4 nitrogen and oxygen atoms in total. The van der Waals surface area contributed by atoms with Gasteiger partial charge in [-0.25, -0.2) is 0 Å². The number of nitrogens with one attached hydrogen (secondary N) is 1.